The summed E-state index contributed by atoms with van der Waals surface area (Å²) in [6.07, 6.45) is 0. The average Bonchev–Trinajstić information content (AvgIpc) is 2.30. The van der Waals surface area contributed by atoms with Crippen molar-refractivity contribution in [3.8, 4) is 11.8 Å². The van der Waals surface area contributed by atoms with Gasteiger partial charge in [-0.1, -0.05) is 6.07 Å². The largest absolute Gasteiger partial charge is 0.473 e. The smallest absolute Gasteiger partial charge is 0.338 e. The van der Waals surface area contributed by atoms with Gasteiger partial charge in [-0.2, -0.15) is 5.26 Å². The fraction of sp³-hybridized carbons (Fsp3) is 0.385. The van der Waals surface area contributed by atoms with Crippen molar-refractivity contribution in [3.63, 3.8) is 0 Å². The van der Waals surface area contributed by atoms with Crippen molar-refractivity contribution in [2.75, 3.05) is 7.11 Å². The van der Waals surface area contributed by atoms with Crippen LogP contribution in [0.25, 0.3) is 0 Å². The van der Waals surface area contributed by atoms with Gasteiger partial charge in [0.25, 0.3) is 0 Å². The van der Waals surface area contributed by atoms with Gasteiger partial charge in [0.1, 0.15) is 11.8 Å². The van der Waals surface area contributed by atoms with E-state index in [1.165, 1.54) is 7.11 Å². The lowest BCUT2D eigenvalue weighted by atomic mass is 10.1. The first-order valence-corrected chi connectivity index (χ1v) is 5.19. The van der Waals surface area contributed by atoms with E-state index >= 15 is 0 Å². The van der Waals surface area contributed by atoms with Crippen LogP contribution in [0, 0.1) is 18.3 Å². The minimum absolute atomic E-state index is 0.414. The Kier molecular flexibility index (Phi) is 3.74. The molecule has 0 aromatic heterocycles. The molecule has 0 aliphatic carbocycles. The number of esters is 1. The number of ether oxygens (including phenoxy) is 2. The van der Waals surface area contributed by atoms with E-state index in [4.69, 9.17) is 10.00 Å². The second-order valence-corrected chi connectivity index (χ2v) is 4.19. The summed E-state index contributed by atoms with van der Waals surface area (Å²) in [6, 6.07) is 7.09. The van der Waals surface area contributed by atoms with E-state index in [9.17, 15) is 4.79 Å². The van der Waals surface area contributed by atoms with Crippen molar-refractivity contribution in [3.05, 3.63) is 29.3 Å². The molecule has 1 aromatic rings. The third-order valence-electron chi connectivity index (χ3n) is 2.26. The van der Waals surface area contributed by atoms with Crippen LogP contribution in [0.5, 0.6) is 5.75 Å². The van der Waals surface area contributed by atoms with Crippen molar-refractivity contribution in [2.24, 2.45) is 0 Å². The minimum Gasteiger partial charge on any atom is -0.473 e. The Labute approximate surface area is 101 Å². The molecule has 0 saturated heterocycles. The normalized spacial score (nSPS) is 10.5. The first-order valence-electron chi connectivity index (χ1n) is 5.19. The summed E-state index contributed by atoms with van der Waals surface area (Å²) in [7, 11) is 1.33. The molecule has 1 aromatic carbocycles. The number of hydrogen-bond donors (Lipinski definition) is 0. The van der Waals surface area contributed by atoms with Gasteiger partial charge in [0, 0.05) is 0 Å². The Morgan fingerprint density at radius 3 is 2.59 bits per heavy atom. The van der Waals surface area contributed by atoms with Crippen LogP contribution in [-0.4, -0.2) is 18.7 Å². The van der Waals surface area contributed by atoms with Crippen LogP contribution < -0.4 is 4.74 Å². The predicted octanol–water partition coefficient (Wildman–Crippen LogP) is 2.46. The monoisotopic (exact) mass is 233 g/mol. The lowest BCUT2D eigenvalue weighted by Gasteiger charge is -2.19. The van der Waals surface area contributed by atoms with Crippen LogP contribution in [0.4, 0.5) is 0 Å². The van der Waals surface area contributed by atoms with E-state index in [0.717, 1.165) is 5.56 Å². The second kappa shape index (κ2) is 4.88. The first kappa shape index (κ1) is 13.0. The van der Waals surface area contributed by atoms with Crippen LogP contribution in [0.2, 0.25) is 0 Å². The number of carbonyl (C=O) groups is 1. The van der Waals surface area contributed by atoms with Gasteiger partial charge < -0.3 is 9.47 Å². The molecule has 0 fully saturated rings. The van der Waals surface area contributed by atoms with E-state index in [2.05, 4.69) is 4.74 Å². The number of rotatable bonds is 3. The highest BCUT2D eigenvalue weighted by Crippen LogP contribution is 2.22. The number of nitriles is 1. The molecule has 0 saturated carbocycles. The summed E-state index contributed by atoms with van der Waals surface area (Å²) in [5.74, 6) is 0.0604. The van der Waals surface area contributed by atoms with Crippen molar-refractivity contribution in [1.82, 2.24) is 0 Å². The van der Waals surface area contributed by atoms with E-state index in [1.54, 1.807) is 32.0 Å². The summed E-state index contributed by atoms with van der Waals surface area (Å²) >= 11 is 0. The summed E-state index contributed by atoms with van der Waals surface area (Å²) in [4.78, 5) is 11.5. The van der Waals surface area contributed by atoms with Gasteiger partial charge in [-0.25, -0.2) is 4.79 Å². The molecule has 90 valence electrons. The topological polar surface area (TPSA) is 59.3 Å². The number of methoxy groups -OCH3 is 1. The molecule has 0 bridgehead atoms. The zero-order valence-corrected chi connectivity index (χ0v) is 10.4. The van der Waals surface area contributed by atoms with Crippen LogP contribution in [0.3, 0.4) is 0 Å². The zero-order chi connectivity index (χ0) is 13.1. The van der Waals surface area contributed by atoms with Gasteiger partial charge >= 0.3 is 5.97 Å². The average molecular weight is 233 g/mol. The molecule has 0 radical (unpaired) electrons. The van der Waals surface area contributed by atoms with Crippen LogP contribution in [-0.2, 0) is 4.74 Å². The summed E-state index contributed by atoms with van der Waals surface area (Å²) < 4.78 is 10.1. The molecule has 0 amide bonds. The van der Waals surface area contributed by atoms with Gasteiger partial charge in [0.15, 0.2) is 5.60 Å². The molecule has 4 nitrogen and oxygen atoms in total. The number of aryl methyl sites for hydroxylation is 1. The molecule has 0 aliphatic heterocycles. The van der Waals surface area contributed by atoms with Gasteiger partial charge in [-0.3, -0.25) is 0 Å². The Balaban J connectivity index is 3.06. The minimum atomic E-state index is -0.928. The molecule has 17 heavy (non-hydrogen) atoms. The Morgan fingerprint density at radius 2 is 2.06 bits per heavy atom. The molecule has 0 atom stereocenters. The molecular weight excluding hydrogens is 218 g/mol. The van der Waals surface area contributed by atoms with Crippen molar-refractivity contribution >= 4 is 5.97 Å². The Hall–Kier alpha value is -2.02. The standard InChI is InChI=1S/C13H15NO3/c1-9-5-6-10(17-13(2,3)8-14)7-11(9)12(15)16-4/h5-7H,1-4H3. The Morgan fingerprint density at radius 1 is 1.41 bits per heavy atom. The van der Waals surface area contributed by atoms with Gasteiger partial charge in [-0.05, 0) is 38.5 Å². The molecule has 4 heteroatoms. The molecule has 0 unspecified atom stereocenters. The quantitative estimate of drug-likeness (QED) is 0.752. The Bertz CT molecular complexity index is 472. The van der Waals surface area contributed by atoms with Crippen molar-refractivity contribution in [1.29, 1.82) is 5.26 Å². The highest BCUT2D eigenvalue weighted by Gasteiger charge is 2.19. The molecule has 0 heterocycles. The van der Waals surface area contributed by atoms with Crippen LogP contribution >= 0.6 is 0 Å². The number of hydrogen-bond acceptors (Lipinski definition) is 4. The zero-order valence-electron chi connectivity index (χ0n) is 10.4. The lowest BCUT2D eigenvalue weighted by molar-refractivity contribution is 0.0598. The van der Waals surface area contributed by atoms with E-state index in [-0.39, 0.29) is 0 Å². The first-order chi connectivity index (χ1) is 7.89. The summed E-state index contributed by atoms with van der Waals surface area (Å²) in [5, 5.41) is 8.87. The molecule has 0 N–H and O–H groups in total. The van der Waals surface area contributed by atoms with E-state index in [1.807, 2.05) is 13.0 Å². The van der Waals surface area contributed by atoms with Crippen LogP contribution in [0.1, 0.15) is 29.8 Å². The van der Waals surface area contributed by atoms with Gasteiger partial charge in [0.05, 0.1) is 12.7 Å². The summed E-state index contributed by atoms with van der Waals surface area (Å²) in [6.45, 7) is 5.13. The maximum Gasteiger partial charge on any atom is 0.338 e. The second-order valence-electron chi connectivity index (χ2n) is 4.19. The van der Waals surface area contributed by atoms with E-state index in [0.29, 0.717) is 11.3 Å². The maximum atomic E-state index is 11.5. The van der Waals surface area contributed by atoms with Crippen molar-refractivity contribution in [2.45, 2.75) is 26.4 Å². The highest BCUT2D eigenvalue weighted by atomic mass is 16.5. The number of nitrogens with zero attached hydrogens (tertiary/aromatic N) is 1. The lowest BCUT2D eigenvalue weighted by Crippen LogP contribution is -2.25. The van der Waals surface area contributed by atoms with Gasteiger partial charge in [-0.15, -0.1) is 0 Å². The third-order valence-corrected chi connectivity index (χ3v) is 2.26. The van der Waals surface area contributed by atoms with Crippen molar-refractivity contribution < 1.29 is 14.3 Å². The predicted molar refractivity (Wildman–Crippen MR) is 62.8 cm³/mol. The maximum absolute atomic E-state index is 11.5. The van der Waals surface area contributed by atoms with Gasteiger partial charge in [0.2, 0.25) is 0 Å². The molecule has 0 aliphatic rings. The third kappa shape index (κ3) is 3.22. The summed E-state index contributed by atoms with van der Waals surface area (Å²) in [5.41, 5.74) is 0.320. The fourth-order valence-corrected chi connectivity index (χ4v) is 1.31. The number of benzene rings is 1. The number of carbonyl (C=O) groups excluding carboxylic acids is 1. The fourth-order valence-electron chi connectivity index (χ4n) is 1.31. The molecule has 1 rings (SSSR count). The van der Waals surface area contributed by atoms with Crippen LogP contribution in [0.15, 0.2) is 18.2 Å². The highest BCUT2D eigenvalue weighted by molar-refractivity contribution is 5.91. The molecular formula is C13H15NO3. The van der Waals surface area contributed by atoms with E-state index < -0.39 is 11.6 Å². The SMILES string of the molecule is COC(=O)c1cc(OC(C)(C)C#N)ccc1C. The molecule has 0 spiro atoms.